The van der Waals surface area contributed by atoms with Crippen LogP contribution in [0.3, 0.4) is 0 Å². The van der Waals surface area contributed by atoms with Crippen molar-refractivity contribution in [1.29, 1.82) is 0 Å². The van der Waals surface area contributed by atoms with Gasteiger partial charge in [0.2, 0.25) is 0 Å². The van der Waals surface area contributed by atoms with Gasteiger partial charge >= 0.3 is 0 Å². The van der Waals surface area contributed by atoms with Gasteiger partial charge in [0.05, 0.1) is 35.9 Å². The van der Waals surface area contributed by atoms with Crippen molar-refractivity contribution in [3.63, 3.8) is 0 Å². The van der Waals surface area contributed by atoms with Crippen LogP contribution in [0, 0.1) is 0 Å². The third kappa shape index (κ3) is 5.50. The van der Waals surface area contributed by atoms with Crippen molar-refractivity contribution in [3.8, 4) is 0 Å². The minimum Gasteiger partial charge on any atom is -0.372 e. The van der Waals surface area contributed by atoms with Crippen LogP contribution in [0.2, 0.25) is 0 Å². The van der Waals surface area contributed by atoms with E-state index in [2.05, 4.69) is 60.7 Å². The molecule has 2 aromatic carbocycles. The molecule has 2 aromatic rings. The quantitative estimate of drug-likeness (QED) is 0.457. The van der Waals surface area contributed by atoms with E-state index in [1.807, 2.05) is 0 Å². The third-order valence-corrected chi connectivity index (χ3v) is 6.50. The van der Waals surface area contributed by atoms with Crippen molar-refractivity contribution in [1.82, 2.24) is 0 Å². The van der Waals surface area contributed by atoms with Crippen molar-refractivity contribution in [2.24, 2.45) is 0 Å². The molecule has 4 atom stereocenters. The Bertz CT molecular complexity index is 587. The Morgan fingerprint density at radius 2 is 1.16 bits per heavy atom. The Hall–Kier alpha value is -0.980. The summed E-state index contributed by atoms with van der Waals surface area (Å²) in [6.45, 7) is 1.69. The van der Waals surface area contributed by atoms with E-state index in [4.69, 9.17) is 13.1 Å². The molecule has 4 unspecified atom stereocenters. The van der Waals surface area contributed by atoms with Crippen LogP contribution in [0.15, 0.2) is 60.7 Å². The second kappa shape index (κ2) is 8.60. The lowest BCUT2D eigenvalue weighted by Gasteiger charge is -2.16. The van der Waals surface area contributed by atoms with Gasteiger partial charge in [-0.25, -0.2) is 3.63 Å². The van der Waals surface area contributed by atoms with Crippen LogP contribution < -0.4 is 0 Å². The molecule has 2 aliphatic heterocycles. The monoisotopic (exact) mass is 374 g/mol. The summed E-state index contributed by atoms with van der Waals surface area (Å²) in [5.74, 6) is 0. The van der Waals surface area contributed by atoms with Crippen LogP contribution in [0.1, 0.15) is 11.1 Å². The molecule has 2 heterocycles. The molecule has 0 saturated carbocycles. The molecule has 0 amide bonds. The molecular weight excluding hydrogens is 352 g/mol. The highest BCUT2D eigenvalue weighted by Crippen LogP contribution is 2.36. The summed E-state index contributed by atoms with van der Waals surface area (Å²) < 4.78 is 17.0. The summed E-state index contributed by atoms with van der Waals surface area (Å²) >= 11 is 3.11. The van der Waals surface area contributed by atoms with Gasteiger partial charge in [0, 0.05) is 24.1 Å². The number of ether oxygens (including phenoxy) is 2. The van der Waals surface area contributed by atoms with Crippen molar-refractivity contribution in [2.45, 2.75) is 35.5 Å². The van der Waals surface area contributed by atoms with E-state index in [-0.39, 0.29) is 0 Å². The molecule has 0 aromatic heterocycles. The maximum absolute atomic E-state index is 5.98. The van der Waals surface area contributed by atoms with Crippen LogP contribution in [-0.4, -0.2) is 35.9 Å². The Morgan fingerprint density at radius 3 is 1.52 bits per heavy atom. The lowest BCUT2D eigenvalue weighted by molar-refractivity contribution is 0.396. The number of rotatable bonds is 10. The highest BCUT2D eigenvalue weighted by Gasteiger charge is 2.37. The summed E-state index contributed by atoms with van der Waals surface area (Å²) in [4.78, 5) is 0. The predicted octanol–water partition coefficient (Wildman–Crippen LogP) is 4.32. The van der Waals surface area contributed by atoms with Gasteiger partial charge in [0.25, 0.3) is 0 Å². The first-order valence-electron chi connectivity index (χ1n) is 8.68. The van der Waals surface area contributed by atoms with E-state index in [0.29, 0.717) is 22.7 Å². The van der Waals surface area contributed by atoms with Gasteiger partial charge < -0.3 is 9.47 Å². The van der Waals surface area contributed by atoms with Gasteiger partial charge in [-0.1, -0.05) is 60.7 Å². The summed E-state index contributed by atoms with van der Waals surface area (Å²) in [7, 11) is 0. The van der Waals surface area contributed by atoms with Crippen molar-refractivity contribution in [2.75, 3.05) is 13.2 Å². The van der Waals surface area contributed by atoms with E-state index in [1.165, 1.54) is 11.1 Å². The van der Waals surface area contributed by atoms with Crippen LogP contribution in [0.5, 0.6) is 0 Å². The molecule has 0 N–H and O–H groups in total. The van der Waals surface area contributed by atoms with Gasteiger partial charge in [-0.15, -0.1) is 0 Å². The van der Waals surface area contributed by atoms with Crippen LogP contribution in [0.25, 0.3) is 0 Å². The predicted molar refractivity (Wildman–Crippen MR) is 104 cm³/mol. The standard InChI is InChI=1S/C20H22O3S2/c1-3-7-15(8-4-1)11-19(17-13-21-17)24-23-25-20(18-14-22-18)12-16-9-5-2-6-10-16/h1-10,17-20H,11-14H2. The molecule has 2 aliphatic rings. The van der Waals surface area contributed by atoms with Gasteiger partial charge in [-0.2, -0.15) is 0 Å². The molecule has 132 valence electrons. The van der Waals surface area contributed by atoms with Gasteiger partial charge in [0.1, 0.15) is 0 Å². The van der Waals surface area contributed by atoms with Crippen molar-refractivity contribution < 1.29 is 13.1 Å². The fraction of sp³-hybridized carbons (Fsp3) is 0.400. The minimum atomic E-state index is 0.315. The molecule has 0 spiro atoms. The van der Waals surface area contributed by atoms with Gasteiger partial charge in [-0.3, -0.25) is 0 Å². The third-order valence-electron chi connectivity index (χ3n) is 4.43. The average molecular weight is 375 g/mol. The minimum absolute atomic E-state index is 0.315. The zero-order chi connectivity index (χ0) is 16.9. The van der Waals surface area contributed by atoms with Crippen molar-refractivity contribution >= 4 is 24.1 Å². The molecule has 2 fully saturated rings. The number of hydrogen-bond acceptors (Lipinski definition) is 5. The molecular formula is C20H22O3S2. The highest BCUT2D eigenvalue weighted by molar-refractivity contribution is 8.08. The molecule has 0 radical (unpaired) electrons. The largest absolute Gasteiger partial charge is 0.372 e. The number of epoxide rings is 2. The second-order valence-corrected chi connectivity index (χ2v) is 8.60. The van der Waals surface area contributed by atoms with Crippen LogP contribution >= 0.6 is 24.1 Å². The van der Waals surface area contributed by atoms with E-state index < -0.39 is 0 Å². The van der Waals surface area contributed by atoms with E-state index >= 15 is 0 Å². The molecule has 0 bridgehead atoms. The Morgan fingerprint density at radius 1 is 0.760 bits per heavy atom. The van der Waals surface area contributed by atoms with Gasteiger partial charge in [0.15, 0.2) is 0 Å². The Balaban J connectivity index is 1.28. The van der Waals surface area contributed by atoms with Crippen LogP contribution in [-0.2, 0) is 25.9 Å². The molecule has 25 heavy (non-hydrogen) atoms. The van der Waals surface area contributed by atoms with E-state index in [1.54, 1.807) is 24.1 Å². The molecule has 4 rings (SSSR count). The average Bonchev–Trinajstić information content (AvgIpc) is 3.55. The first-order chi connectivity index (χ1) is 12.4. The smallest absolute Gasteiger partial charge is 0.0954 e. The fourth-order valence-electron chi connectivity index (χ4n) is 2.81. The van der Waals surface area contributed by atoms with E-state index in [0.717, 1.165) is 26.1 Å². The lowest BCUT2D eigenvalue weighted by atomic mass is 10.1. The zero-order valence-corrected chi connectivity index (χ0v) is 15.6. The summed E-state index contributed by atoms with van der Waals surface area (Å²) in [5, 5.41) is 0.680. The van der Waals surface area contributed by atoms with Gasteiger partial charge in [-0.05, 0) is 24.0 Å². The second-order valence-electron chi connectivity index (χ2n) is 6.46. The topological polar surface area (TPSA) is 34.3 Å². The summed E-state index contributed by atoms with van der Waals surface area (Å²) in [6, 6.07) is 21.1. The molecule has 3 nitrogen and oxygen atoms in total. The Kier molecular flexibility index (Phi) is 6.00. The molecule has 2 saturated heterocycles. The normalized spacial score (nSPS) is 23.8. The maximum Gasteiger partial charge on any atom is 0.0954 e. The fourth-order valence-corrected chi connectivity index (χ4v) is 4.88. The summed E-state index contributed by atoms with van der Waals surface area (Å²) in [6.07, 6.45) is 2.58. The lowest BCUT2D eigenvalue weighted by Crippen LogP contribution is -2.17. The van der Waals surface area contributed by atoms with Crippen molar-refractivity contribution in [3.05, 3.63) is 71.8 Å². The van der Waals surface area contributed by atoms with Crippen LogP contribution in [0.4, 0.5) is 0 Å². The SMILES string of the molecule is c1ccc(CC(SOSC(Cc2ccccc2)C2CO2)C2CO2)cc1. The number of benzene rings is 2. The Labute approximate surface area is 157 Å². The highest BCUT2D eigenvalue weighted by atomic mass is 32.2. The number of hydrogen-bond donors (Lipinski definition) is 0. The first kappa shape index (κ1) is 17.4. The first-order valence-corrected chi connectivity index (χ1v) is 10.3. The zero-order valence-electron chi connectivity index (χ0n) is 14.0. The van der Waals surface area contributed by atoms with E-state index in [9.17, 15) is 0 Å². The molecule has 0 aliphatic carbocycles. The summed E-state index contributed by atoms with van der Waals surface area (Å²) in [5.41, 5.74) is 2.66. The molecule has 5 heteroatoms. The maximum atomic E-state index is 5.98.